The highest BCUT2D eigenvalue weighted by molar-refractivity contribution is 9.10. The molecule has 0 saturated carbocycles. The van der Waals surface area contributed by atoms with Crippen LogP contribution < -0.4 is 11.3 Å². The first-order valence-electron chi connectivity index (χ1n) is 6.11. The van der Waals surface area contributed by atoms with E-state index < -0.39 is 0 Å². The van der Waals surface area contributed by atoms with Crippen LogP contribution in [-0.2, 0) is 18.0 Å². The third-order valence-corrected chi connectivity index (χ3v) is 3.36. The third kappa shape index (κ3) is 3.90. The molecule has 2 aromatic rings. The number of halogens is 1. The molecule has 0 bridgehead atoms. The van der Waals surface area contributed by atoms with Gasteiger partial charge in [0.05, 0.1) is 13.2 Å². The summed E-state index contributed by atoms with van der Waals surface area (Å²) >= 11 is 3.39. The van der Waals surface area contributed by atoms with Crippen molar-refractivity contribution < 1.29 is 9.53 Å². The molecule has 0 aliphatic heterocycles. The maximum Gasteiger partial charge on any atom is 0.265 e. The summed E-state index contributed by atoms with van der Waals surface area (Å²) in [6, 6.07) is 15.1. The summed E-state index contributed by atoms with van der Waals surface area (Å²) in [6.45, 7) is 0.853. The number of carbonyl (C=O) groups is 1. The van der Waals surface area contributed by atoms with Gasteiger partial charge < -0.3 is 4.74 Å². The zero-order chi connectivity index (χ0) is 14.4. The second-order valence-corrected chi connectivity index (χ2v) is 5.17. The van der Waals surface area contributed by atoms with Gasteiger partial charge in [0.2, 0.25) is 0 Å². The number of ether oxygens (including phenoxy) is 1. The molecule has 2 rings (SSSR count). The summed E-state index contributed by atoms with van der Waals surface area (Å²) in [5.74, 6) is 4.85. The zero-order valence-electron chi connectivity index (χ0n) is 10.8. The largest absolute Gasteiger partial charge is 0.372 e. The normalized spacial score (nSPS) is 10.3. The standard InChI is InChI=1S/C15H15BrN2O2/c16-13-7-5-11(6-8-13)9-20-10-12-3-1-2-4-14(12)15(19)18-17/h1-8H,9-10,17H2,(H,18,19). The lowest BCUT2D eigenvalue weighted by molar-refractivity contribution is 0.0927. The van der Waals surface area contributed by atoms with Crippen LogP contribution in [-0.4, -0.2) is 5.91 Å². The maximum absolute atomic E-state index is 11.6. The van der Waals surface area contributed by atoms with Crippen LogP contribution in [0.3, 0.4) is 0 Å². The highest BCUT2D eigenvalue weighted by Gasteiger charge is 2.09. The fourth-order valence-electron chi connectivity index (χ4n) is 1.80. The molecule has 0 radical (unpaired) electrons. The summed E-state index contributed by atoms with van der Waals surface area (Å²) in [5, 5.41) is 0. The Balaban J connectivity index is 1.97. The minimum absolute atomic E-state index is 0.312. The van der Waals surface area contributed by atoms with E-state index in [0.29, 0.717) is 18.8 Å². The van der Waals surface area contributed by atoms with Crippen molar-refractivity contribution in [1.29, 1.82) is 0 Å². The second-order valence-electron chi connectivity index (χ2n) is 4.25. The number of hydrogen-bond acceptors (Lipinski definition) is 3. The number of rotatable bonds is 5. The summed E-state index contributed by atoms with van der Waals surface area (Å²) in [6.07, 6.45) is 0. The van der Waals surface area contributed by atoms with Crippen LogP contribution in [0.1, 0.15) is 21.5 Å². The molecule has 0 aliphatic rings. The molecular weight excluding hydrogens is 320 g/mol. The van der Waals surface area contributed by atoms with Gasteiger partial charge in [-0.05, 0) is 29.3 Å². The maximum atomic E-state index is 11.6. The lowest BCUT2D eigenvalue weighted by Gasteiger charge is -2.09. The topological polar surface area (TPSA) is 64.3 Å². The van der Waals surface area contributed by atoms with Gasteiger partial charge in [-0.3, -0.25) is 10.2 Å². The van der Waals surface area contributed by atoms with E-state index in [1.165, 1.54) is 0 Å². The highest BCUT2D eigenvalue weighted by atomic mass is 79.9. The van der Waals surface area contributed by atoms with Crippen molar-refractivity contribution in [2.75, 3.05) is 0 Å². The van der Waals surface area contributed by atoms with Crippen LogP contribution in [0.25, 0.3) is 0 Å². The number of nitrogens with one attached hydrogen (secondary N) is 1. The summed E-state index contributed by atoms with van der Waals surface area (Å²) in [7, 11) is 0. The Morgan fingerprint density at radius 1 is 1.10 bits per heavy atom. The SMILES string of the molecule is NNC(=O)c1ccccc1COCc1ccc(Br)cc1. The Hall–Kier alpha value is -1.69. The van der Waals surface area contributed by atoms with E-state index in [-0.39, 0.29) is 5.91 Å². The molecule has 3 N–H and O–H groups in total. The number of hydrogen-bond donors (Lipinski definition) is 2. The van der Waals surface area contributed by atoms with Crippen molar-refractivity contribution >= 4 is 21.8 Å². The van der Waals surface area contributed by atoms with Gasteiger partial charge in [-0.2, -0.15) is 0 Å². The van der Waals surface area contributed by atoms with Crippen molar-refractivity contribution in [3.8, 4) is 0 Å². The van der Waals surface area contributed by atoms with Crippen molar-refractivity contribution in [1.82, 2.24) is 5.43 Å². The van der Waals surface area contributed by atoms with Crippen LogP contribution in [0.2, 0.25) is 0 Å². The van der Waals surface area contributed by atoms with Gasteiger partial charge in [-0.1, -0.05) is 46.3 Å². The Morgan fingerprint density at radius 2 is 1.80 bits per heavy atom. The van der Waals surface area contributed by atoms with Gasteiger partial charge in [0, 0.05) is 10.0 Å². The van der Waals surface area contributed by atoms with E-state index in [0.717, 1.165) is 15.6 Å². The molecule has 1 amide bonds. The summed E-state index contributed by atoms with van der Waals surface area (Å²) in [5.41, 5.74) is 4.56. The first kappa shape index (κ1) is 14.7. The van der Waals surface area contributed by atoms with Crippen molar-refractivity contribution in [2.24, 2.45) is 5.84 Å². The smallest absolute Gasteiger partial charge is 0.265 e. The van der Waals surface area contributed by atoms with Gasteiger partial charge >= 0.3 is 0 Å². The average Bonchev–Trinajstić information content (AvgIpc) is 2.49. The molecule has 0 saturated heterocycles. The van der Waals surface area contributed by atoms with Crippen molar-refractivity contribution in [3.05, 3.63) is 69.7 Å². The fourth-order valence-corrected chi connectivity index (χ4v) is 2.07. The summed E-state index contributed by atoms with van der Waals surface area (Å²) < 4.78 is 6.68. The quantitative estimate of drug-likeness (QED) is 0.502. The molecule has 0 atom stereocenters. The minimum atomic E-state index is -0.312. The van der Waals surface area contributed by atoms with Gasteiger partial charge in [-0.25, -0.2) is 5.84 Å². The molecule has 5 heteroatoms. The number of carbonyl (C=O) groups excluding carboxylic acids is 1. The van der Waals surface area contributed by atoms with E-state index in [9.17, 15) is 4.79 Å². The minimum Gasteiger partial charge on any atom is -0.372 e. The molecule has 0 aliphatic carbocycles. The number of hydrazine groups is 1. The third-order valence-electron chi connectivity index (χ3n) is 2.83. The van der Waals surface area contributed by atoms with Crippen LogP contribution in [0.15, 0.2) is 53.0 Å². The van der Waals surface area contributed by atoms with Crippen molar-refractivity contribution in [2.45, 2.75) is 13.2 Å². The van der Waals surface area contributed by atoms with Crippen LogP contribution in [0.4, 0.5) is 0 Å². The first-order chi connectivity index (χ1) is 9.70. The van der Waals surface area contributed by atoms with Gasteiger partial charge in [0.15, 0.2) is 0 Å². The molecule has 20 heavy (non-hydrogen) atoms. The van der Waals surface area contributed by atoms with Crippen LogP contribution in [0, 0.1) is 0 Å². The summed E-state index contributed by atoms with van der Waals surface area (Å²) in [4.78, 5) is 11.6. The number of nitrogens with two attached hydrogens (primary N) is 1. The molecule has 4 nitrogen and oxygen atoms in total. The van der Waals surface area contributed by atoms with E-state index in [1.807, 2.05) is 36.4 Å². The van der Waals surface area contributed by atoms with E-state index >= 15 is 0 Å². The molecule has 104 valence electrons. The number of nitrogen functional groups attached to an aromatic ring is 1. The number of benzene rings is 2. The fraction of sp³-hybridized carbons (Fsp3) is 0.133. The van der Waals surface area contributed by atoms with E-state index in [4.69, 9.17) is 10.6 Å². The molecule has 0 aromatic heterocycles. The Kier molecular flexibility index (Phi) is 5.29. The average molecular weight is 335 g/mol. The molecule has 0 fully saturated rings. The predicted octanol–water partition coefficient (Wildman–Crippen LogP) is 2.77. The Bertz CT molecular complexity index is 585. The molecule has 0 heterocycles. The van der Waals surface area contributed by atoms with Gasteiger partial charge in [-0.15, -0.1) is 0 Å². The Morgan fingerprint density at radius 3 is 2.50 bits per heavy atom. The highest BCUT2D eigenvalue weighted by Crippen LogP contribution is 2.14. The lowest BCUT2D eigenvalue weighted by Crippen LogP contribution is -2.30. The first-order valence-corrected chi connectivity index (χ1v) is 6.91. The molecular formula is C15H15BrN2O2. The molecule has 0 unspecified atom stereocenters. The van der Waals surface area contributed by atoms with Gasteiger partial charge in [0.1, 0.15) is 0 Å². The van der Waals surface area contributed by atoms with Crippen LogP contribution in [0.5, 0.6) is 0 Å². The molecule has 0 spiro atoms. The number of amides is 1. The zero-order valence-corrected chi connectivity index (χ0v) is 12.4. The second kappa shape index (κ2) is 7.19. The van der Waals surface area contributed by atoms with Gasteiger partial charge in [0.25, 0.3) is 5.91 Å². The monoisotopic (exact) mass is 334 g/mol. The lowest BCUT2D eigenvalue weighted by atomic mass is 10.1. The van der Waals surface area contributed by atoms with E-state index in [2.05, 4.69) is 21.4 Å². The van der Waals surface area contributed by atoms with E-state index in [1.54, 1.807) is 12.1 Å². The van der Waals surface area contributed by atoms with Crippen LogP contribution >= 0.6 is 15.9 Å². The molecule has 2 aromatic carbocycles. The Labute approximate surface area is 126 Å². The van der Waals surface area contributed by atoms with Crippen molar-refractivity contribution in [3.63, 3.8) is 0 Å². The predicted molar refractivity (Wildman–Crippen MR) is 80.7 cm³/mol.